The summed E-state index contributed by atoms with van der Waals surface area (Å²) in [5, 5.41) is 10.8. The molecular formula is C11H18N4O4S2. The van der Waals surface area contributed by atoms with Gasteiger partial charge in [0.25, 0.3) is 5.69 Å². The van der Waals surface area contributed by atoms with E-state index in [-0.39, 0.29) is 22.3 Å². The standard InChI is InChI=1S/C11H18N4O4S2/c1-8(5-6-20-2)14-21(18,19)9-3-4-11(15(16)17)10(7-9)13-12/h3-4,7-8,13-14H,5-6,12H2,1-2H3. The summed E-state index contributed by atoms with van der Waals surface area (Å²) in [4.78, 5) is 10.1. The summed E-state index contributed by atoms with van der Waals surface area (Å²) < 4.78 is 26.9. The average Bonchev–Trinajstić information content (AvgIpc) is 2.43. The number of rotatable bonds is 8. The summed E-state index contributed by atoms with van der Waals surface area (Å²) in [7, 11) is -3.74. The van der Waals surface area contributed by atoms with E-state index >= 15 is 0 Å². The van der Waals surface area contributed by atoms with E-state index in [9.17, 15) is 18.5 Å². The number of benzene rings is 1. The number of nitro benzene ring substituents is 1. The lowest BCUT2D eigenvalue weighted by Crippen LogP contribution is -2.33. The van der Waals surface area contributed by atoms with E-state index in [0.29, 0.717) is 6.42 Å². The van der Waals surface area contributed by atoms with E-state index in [1.165, 1.54) is 6.07 Å². The molecule has 0 bridgehead atoms. The SMILES string of the molecule is CSCCC(C)NS(=O)(=O)c1ccc([N+](=O)[O-])c(NN)c1. The Kier molecular flexibility index (Phi) is 6.40. The van der Waals surface area contributed by atoms with Crippen LogP contribution in [0.5, 0.6) is 0 Å². The van der Waals surface area contributed by atoms with Gasteiger partial charge in [-0.3, -0.25) is 16.0 Å². The molecule has 0 aliphatic carbocycles. The second-order valence-electron chi connectivity index (χ2n) is 4.38. The van der Waals surface area contributed by atoms with Gasteiger partial charge in [-0.1, -0.05) is 0 Å². The zero-order valence-corrected chi connectivity index (χ0v) is 13.3. The number of nitrogen functional groups attached to an aromatic ring is 1. The number of hydrazine groups is 1. The third-order valence-electron chi connectivity index (χ3n) is 2.74. The summed E-state index contributed by atoms with van der Waals surface area (Å²) in [6.07, 6.45) is 2.63. The first-order valence-electron chi connectivity index (χ1n) is 6.08. The molecule has 0 amide bonds. The van der Waals surface area contributed by atoms with Crippen molar-refractivity contribution in [2.24, 2.45) is 5.84 Å². The second-order valence-corrected chi connectivity index (χ2v) is 7.08. The topological polar surface area (TPSA) is 127 Å². The number of nitrogens with zero attached hydrogens (tertiary/aromatic N) is 1. The number of nitrogens with one attached hydrogen (secondary N) is 2. The lowest BCUT2D eigenvalue weighted by molar-refractivity contribution is -0.384. The molecule has 1 rings (SSSR count). The number of hydrogen-bond acceptors (Lipinski definition) is 7. The van der Waals surface area contributed by atoms with Crippen molar-refractivity contribution in [3.05, 3.63) is 28.3 Å². The number of sulfonamides is 1. The van der Waals surface area contributed by atoms with E-state index in [1.54, 1.807) is 18.7 Å². The molecule has 1 atom stereocenters. The molecule has 1 aromatic rings. The van der Waals surface area contributed by atoms with Crippen LogP contribution < -0.4 is 16.0 Å². The van der Waals surface area contributed by atoms with Crippen LogP contribution in [0.2, 0.25) is 0 Å². The molecule has 0 aliphatic rings. The zero-order valence-electron chi connectivity index (χ0n) is 11.7. The van der Waals surface area contributed by atoms with Gasteiger partial charge >= 0.3 is 0 Å². The van der Waals surface area contributed by atoms with E-state index in [4.69, 9.17) is 5.84 Å². The molecule has 1 aromatic carbocycles. The smallest absolute Gasteiger partial charge is 0.293 e. The molecule has 0 radical (unpaired) electrons. The molecule has 0 aromatic heterocycles. The van der Waals surface area contributed by atoms with Crippen LogP contribution in [0.1, 0.15) is 13.3 Å². The largest absolute Gasteiger partial charge is 0.318 e. The number of anilines is 1. The first-order valence-corrected chi connectivity index (χ1v) is 8.96. The van der Waals surface area contributed by atoms with Crippen molar-refractivity contribution in [1.82, 2.24) is 4.72 Å². The Morgan fingerprint density at radius 3 is 2.67 bits per heavy atom. The molecule has 0 saturated carbocycles. The Morgan fingerprint density at radius 1 is 1.48 bits per heavy atom. The van der Waals surface area contributed by atoms with E-state index in [0.717, 1.165) is 17.9 Å². The maximum atomic E-state index is 12.2. The highest BCUT2D eigenvalue weighted by molar-refractivity contribution is 7.98. The van der Waals surface area contributed by atoms with Gasteiger partial charge in [0.05, 0.1) is 9.82 Å². The Bertz CT molecular complexity index is 606. The Balaban J connectivity index is 3.01. The molecular weight excluding hydrogens is 316 g/mol. The quantitative estimate of drug-likeness (QED) is 0.371. The first kappa shape index (κ1) is 17.7. The fraction of sp³-hybridized carbons (Fsp3) is 0.455. The molecule has 0 fully saturated rings. The highest BCUT2D eigenvalue weighted by Gasteiger charge is 2.21. The van der Waals surface area contributed by atoms with E-state index in [1.807, 2.05) is 6.26 Å². The van der Waals surface area contributed by atoms with Crippen LogP contribution in [-0.2, 0) is 10.0 Å². The van der Waals surface area contributed by atoms with Crippen LogP contribution in [0.15, 0.2) is 23.1 Å². The van der Waals surface area contributed by atoms with Crippen molar-refractivity contribution in [3.63, 3.8) is 0 Å². The average molecular weight is 334 g/mol. The number of nitrogens with two attached hydrogens (primary N) is 1. The van der Waals surface area contributed by atoms with Crippen LogP contribution in [0, 0.1) is 10.1 Å². The first-order chi connectivity index (χ1) is 9.81. The summed E-state index contributed by atoms with van der Waals surface area (Å²) >= 11 is 1.63. The normalized spacial score (nSPS) is 12.9. The van der Waals surface area contributed by atoms with Crippen molar-refractivity contribution in [1.29, 1.82) is 0 Å². The summed E-state index contributed by atoms with van der Waals surface area (Å²) in [5.74, 6) is 6.03. The molecule has 0 saturated heterocycles. The van der Waals surface area contributed by atoms with Gasteiger partial charge in [-0.25, -0.2) is 13.1 Å². The fourth-order valence-electron chi connectivity index (χ4n) is 1.64. The molecule has 0 spiro atoms. The third-order valence-corrected chi connectivity index (χ3v) is 4.97. The minimum atomic E-state index is -3.74. The van der Waals surface area contributed by atoms with Crippen molar-refractivity contribution in [2.45, 2.75) is 24.3 Å². The van der Waals surface area contributed by atoms with Crippen LogP contribution in [0.25, 0.3) is 0 Å². The van der Waals surface area contributed by atoms with Crippen molar-refractivity contribution < 1.29 is 13.3 Å². The lowest BCUT2D eigenvalue weighted by atomic mass is 10.3. The number of hydrogen-bond donors (Lipinski definition) is 3. The molecule has 21 heavy (non-hydrogen) atoms. The zero-order chi connectivity index (χ0) is 16.0. The van der Waals surface area contributed by atoms with Gasteiger partial charge in [0.2, 0.25) is 10.0 Å². The number of thioether (sulfide) groups is 1. The van der Waals surface area contributed by atoms with Gasteiger partial charge in [-0.15, -0.1) is 0 Å². The van der Waals surface area contributed by atoms with Gasteiger partial charge in [0.1, 0.15) is 5.69 Å². The van der Waals surface area contributed by atoms with Gasteiger partial charge < -0.3 is 5.43 Å². The second kappa shape index (κ2) is 7.59. The molecule has 4 N–H and O–H groups in total. The predicted octanol–water partition coefficient (Wildman–Crippen LogP) is 1.30. The van der Waals surface area contributed by atoms with Crippen LogP contribution in [-0.4, -0.2) is 31.4 Å². The summed E-state index contributed by atoms with van der Waals surface area (Å²) in [6, 6.07) is 3.20. The predicted molar refractivity (Wildman–Crippen MR) is 83.7 cm³/mol. The Labute approximate surface area is 127 Å². The number of nitro groups is 1. The molecule has 0 heterocycles. The molecule has 10 heteroatoms. The van der Waals surface area contributed by atoms with Crippen molar-refractivity contribution in [3.8, 4) is 0 Å². The molecule has 118 valence electrons. The van der Waals surface area contributed by atoms with E-state index in [2.05, 4.69) is 10.1 Å². The highest BCUT2D eigenvalue weighted by atomic mass is 32.2. The van der Waals surface area contributed by atoms with Gasteiger partial charge in [-0.2, -0.15) is 11.8 Å². The lowest BCUT2D eigenvalue weighted by Gasteiger charge is -2.14. The molecule has 0 aliphatic heterocycles. The minimum Gasteiger partial charge on any atom is -0.318 e. The summed E-state index contributed by atoms with van der Waals surface area (Å²) in [5.41, 5.74) is 1.80. The maximum absolute atomic E-state index is 12.2. The maximum Gasteiger partial charge on any atom is 0.293 e. The van der Waals surface area contributed by atoms with Gasteiger partial charge in [-0.05, 0) is 37.5 Å². The monoisotopic (exact) mass is 334 g/mol. The van der Waals surface area contributed by atoms with Crippen LogP contribution in [0.3, 0.4) is 0 Å². The van der Waals surface area contributed by atoms with Crippen LogP contribution in [0.4, 0.5) is 11.4 Å². The Hall–Kier alpha value is -1.36. The van der Waals surface area contributed by atoms with Crippen molar-refractivity contribution >= 4 is 33.2 Å². The highest BCUT2D eigenvalue weighted by Crippen LogP contribution is 2.26. The van der Waals surface area contributed by atoms with Crippen molar-refractivity contribution in [2.75, 3.05) is 17.4 Å². The Morgan fingerprint density at radius 2 is 2.14 bits per heavy atom. The third kappa shape index (κ3) is 4.84. The minimum absolute atomic E-state index is 0.0559. The molecule has 8 nitrogen and oxygen atoms in total. The van der Waals surface area contributed by atoms with Crippen LogP contribution >= 0.6 is 11.8 Å². The molecule has 1 unspecified atom stereocenters. The van der Waals surface area contributed by atoms with Gasteiger partial charge in [0.15, 0.2) is 0 Å². The summed E-state index contributed by atoms with van der Waals surface area (Å²) in [6.45, 7) is 1.77. The fourth-order valence-corrected chi connectivity index (χ4v) is 3.54. The van der Waals surface area contributed by atoms with E-state index < -0.39 is 14.9 Å². The van der Waals surface area contributed by atoms with Gasteiger partial charge in [0, 0.05) is 12.1 Å².